The molecule has 0 saturated carbocycles. The number of nitrogens with one attached hydrogen (secondary N) is 1. The molecule has 0 fully saturated rings. The van der Waals surface area contributed by atoms with Crippen molar-refractivity contribution in [1.29, 1.82) is 0 Å². The van der Waals surface area contributed by atoms with Crippen LogP contribution in [0.15, 0.2) is 48.5 Å². The number of benzene rings is 2. The minimum atomic E-state index is -3.77. The molecule has 198 valence electrons. The van der Waals surface area contributed by atoms with Crippen LogP contribution in [0.4, 0.5) is 10.1 Å². The maximum atomic E-state index is 14.3. The van der Waals surface area contributed by atoms with Crippen LogP contribution in [0, 0.1) is 5.82 Å². The fourth-order valence-electron chi connectivity index (χ4n) is 3.85. The summed E-state index contributed by atoms with van der Waals surface area (Å²) in [5, 5.41) is 3.47. The molecule has 0 aliphatic carbocycles. The summed E-state index contributed by atoms with van der Waals surface area (Å²) >= 11 is 5.99. The van der Waals surface area contributed by atoms with Crippen molar-refractivity contribution in [3.8, 4) is 0 Å². The number of carbonyl (C=O) groups excluding carboxylic acids is 2. The first-order chi connectivity index (χ1) is 17.1. The lowest BCUT2D eigenvalue weighted by Gasteiger charge is -2.31. The molecular formula is C26H35ClFN3O4S. The number of carbonyl (C=O) groups is 2. The molecule has 2 rings (SSSR count). The molecule has 0 aliphatic rings. The van der Waals surface area contributed by atoms with Crippen LogP contribution in [0.5, 0.6) is 0 Å². The number of para-hydroxylation sites is 1. The first-order valence-corrected chi connectivity index (χ1v) is 14.3. The lowest BCUT2D eigenvalue weighted by molar-refractivity contribution is -0.141. The van der Waals surface area contributed by atoms with Gasteiger partial charge in [0.05, 0.1) is 11.9 Å². The molecule has 1 atom stereocenters. The highest BCUT2D eigenvalue weighted by Gasteiger charge is 2.29. The summed E-state index contributed by atoms with van der Waals surface area (Å²) in [5.41, 5.74) is 0.754. The van der Waals surface area contributed by atoms with Gasteiger partial charge in [-0.2, -0.15) is 0 Å². The van der Waals surface area contributed by atoms with Crippen LogP contribution in [-0.4, -0.2) is 50.5 Å². The Morgan fingerprint density at radius 1 is 1.06 bits per heavy atom. The largest absolute Gasteiger partial charge is 0.354 e. The molecule has 7 nitrogen and oxygen atoms in total. The molecule has 1 N–H and O–H groups in total. The van der Waals surface area contributed by atoms with E-state index in [4.69, 9.17) is 11.6 Å². The molecule has 0 heterocycles. The van der Waals surface area contributed by atoms with Gasteiger partial charge in [-0.15, -0.1) is 0 Å². The van der Waals surface area contributed by atoms with Crippen LogP contribution in [0.2, 0.25) is 5.02 Å². The van der Waals surface area contributed by atoms with Gasteiger partial charge in [-0.25, -0.2) is 12.8 Å². The number of anilines is 1. The lowest BCUT2D eigenvalue weighted by atomic mass is 10.1. The SMILES string of the molecule is CCCCNC(=O)[C@H](CC)N(Cc1ccc(Cl)cc1)C(=O)CCCN(c1ccccc1F)S(C)(=O)=O. The molecule has 0 radical (unpaired) electrons. The van der Waals surface area contributed by atoms with E-state index < -0.39 is 21.9 Å². The molecular weight excluding hydrogens is 505 g/mol. The molecule has 2 aromatic carbocycles. The maximum absolute atomic E-state index is 14.3. The van der Waals surface area contributed by atoms with Crippen molar-refractivity contribution >= 4 is 39.1 Å². The van der Waals surface area contributed by atoms with Crippen LogP contribution >= 0.6 is 11.6 Å². The van der Waals surface area contributed by atoms with Gasteiger partial charge >= 0.3 is 0 Å². The highest BCUT2D eigenvalue weighted by atomic mass is 35.5. The van der Waals surface area contributed by atoms with Gasteiger partial charge in [0, 0.05) is 31.1 Å². The summed E-state index contributed by atoms with van der Waals surface area (Å²) in [5.74, 6) is -1.17. The fourth-order valence-corrected chi connectivity index (χ4v) is 4.94. The number of rotatable bonds is 14. The van der Waals surface area contributed by atoms with E-state index in [1.807, 2.05) is 13.8 Å². The van der Waals surface area contributed by atoms with Gasteiger partial charge in [-0.05, 0) is 49.1 Å². The van der Waals surface area contributed by atoms with E-state index >= 15 is 0 Å². The molecule has 0 saturated heterocycles. The number of hydrogen-bond acceptors (Lipinski definition) is 4. The third-order valence-electron chi connectivity index (χ3n) is 5.75. The van der Waals surface area contributed by atoms with E-state index in [0.29, 0.717) is 18.0 Å². The zero-order valence-corrected chi connectivity index (χ0v) is 22.6. The number of unbranched alkanes of at least 4 members (excludes halogenated alkanes) is 1. The van der Waals surface area contributed by atoms with Crippen molar-refractivity contribution in [2.75, 3.05) is 23.7 Å². The lowest BCUT2D eigenvalue weighted by Crippen LogP contribution is -2.49. The first kappa shape index (κ1) is 29.6. The summed E-state index contributed by atoms with van der Waals surface area (Å²) in [6.45, 7) is 4.54. The Bertz CT molecular complexity index is 1110. The summed E-state index contributed by atoms with van der Waals surface area (Å²) in [6.07, 6.45) is 3.34. The molecule has 10 heteroatoms. The summed E-state index contributed by atoms with van der Waals surface area (Å²) in [6, 6.07) is 12.0. The van der Waals surface area contributed by atoms with Gasteiger partial charge in [0.2, 0.25) is 21.8 Å². The van der Waals surface area contributed by atoms with Crippen LogP contribution in [-0.2, 0) is 26.2 Å². The van der Waals surface area contributed by atoms with E-state index in [1.165, 1.54) is 23.1 Å². The zero-order valence-electron chi connectivity index (χ0n) is 21.0. The Hall–Kier alpha value is -2.65. The Kier molecular flexibility index (Phi) is 11.7. The Morgan fingerprint density at radius 2 is 1.72 bits per heavy atom. The Morgan fingerprint density at radius 3 is 2.31 bits per heavy atom. The van der Waals surface area contributed by atoms with Crippen molar-refractivity contribution < 1.29 is 22.4 Å². The van der Waals surface area contributed by atoms with E-state index in [9.17, 15) is 22.4 Å². The molecule has 2 aromatic rings. The summed E-state index contributed by atoms with van der Waals surface area (Å²) in [7, 11) is -3.77. The topological polar surface area (TPSA) is 86.8 Å². The quantitative estimate of drug-likeness (QED) is 0.351. The molecule has 0 bridgehead atoms. The van der Waals surface area contributed by atoms with Gasteiger partial charge in [0.1, 0.15) is 11.9 Å². The Balaban J connectivity index is 2.20. The normalized spacial score (nSPS) is 12.1. The second kappa shape index (κ2) is 14.2. The zero-order chi connectivity index (χ0) is 26.7. The third kappa shape index (κ3) is 8.78. The average Bonchev–Trinajstić information content (AvgIpc) is 2.83. The van der Waals surface area contributed by atoms with Crippen LogP contribution in [0.3, 0.4) is 0 Å². The molecule has 36 heavy (non-hydrogen) atoms. The van der Waals surface area contributed by atoms with E-state index in [1.54, 1.807) is 30.3 Å². The molecule has 2 amide bonds. The standard InChI is InChI=1S/C26H35ClFN3O4S/c1-4-6-17-29-26(33)23(5-2)30(19-20-13-15-21(27)16-14-20)25(32)12-9-18-31(36(3,34)35)24-11-8-7-10-22(24)28/h7-8,10-11,13-16,23H,4-6,9,12,17-19H2,1-3H3,(H,29,33)/t23-/m0/s1. The van der Waals surface area contributed by atoms with Crippen molar-refractivity contribution in [2.45, 2.75) is 58.5 Å². The predicted octanol–water partition coefficient (Wildman–Crippen LogP) is 4.75. The van der Waals surface area contributed by atoms with Gasteiger partial charge < -0.3 is 10.2 Å². The van der Waals surface area contributed by atoms with Crippen molar-refractivity contribution in [3.05, 3.63) is 64.9 Å². The number of nitrogens with zero attached hydrogens (tertiary/aromatic N) is 2. The highest BCUT2D eigenvalue weighted by Crippen LogP contribution is 2.22. The van der Waals surface area contributed by atoms with Gasteiger partial charge in [-0.1, -0.05) is 56.1 Å². The molecule has 0 aliphatic heterocycles. The first-order valence-electron chi connectivity index (χ1n) is 12.1. The smallest absolute Gasteiger partial charge is 0.242 e. The van der Waals surface area contributed by atoms with Gasteiger partial charge in [0.15, 0.2) is 0 Å². The monoisotopic (exact) mass is 539 g/mol. The van der Waals surface area contributed by atoms with E-state index in [2.05, 4.69) is 5.32 Å². The number of hydrogen-bond donors (Lipinski definition) is 1. The second-order valence-corrected chi connectivity index (χ2v) is 11.0. The number of halogens is 2. The van der Waals surface area contributed by atoms with E-state index in [0.717, 1.165) is 29.0 Å². The molecule has 0 aromatic heterocycles. The number of amides is 2. The van der Waals surface area contributed by atoms with Crippen molar-refractivity contribution in [3.63, 3.8) is 0 Å². The van der Waals surface area contributed by atoms with Crippen molar-refractivity contribution in [2.24, 2.45) is 0 Å². The van der Waals surface area contributed by atoms with Gasteiger partial charge in [-0.3, -0.25) is 13.9 Å². The highest BCUT2D eigenvalue weighted by molar-refractivity contribution is 7.92. The third-order valence-corrected chi connectivity index (χ3v) is 7.19. The predicted molar refractivity (Wildman–Crippen MR) is 142 cm³/mol. The van der Waals surface area contributed by atoms with Crippen LogP contribution in [0.1, 0.15) is 51.5 Å². The van der Waals surface area contributed by atoms with Gasteiger partial charge in [0.25, 0.3) is 0 Å². The average molecular weight is 540 g/mol. The van der Waals surface area contributed by atoms with Crippen molar-refractivity contribution in [1.82, 2.24) is 10.2 Å². The minimum Gasteiger partial charge on any atom is -0.354 e. The second-order valence-electron chi connectivity index (χ2n) is 8.61. The Labute approximate surface area is 218 Å². The van der Waals surface area contributed by atoms with Crippen LogP contribution < -0.4 is 9.62 Å². The molecule has 0 spiro atoms. The minimum absolute atomic E-state index is 0.00714. The summed E-state index contributed by atoms with van der Waals surface area (Å²) in [4.78, 5) is 27.8. The maximum Gasteiger partial charge on any atom is 0.242 e. The molecule has 0 unspecified atom stereocenters. The van der Waals surface area contributed by atoms with E-state index in [-0.39, 0.29) is 43.4 Å². The number of sulfonamides is 1. The van der Waals surface area contributed by atoms with Crippen LogP contribution in [0.25, 0.3) is 0 Å². The summed E-state index contributed by atoms with van der Waals surface area (Å²) < 4.78 is 39.9. The fraction of sp³-hybridized carbons (Fsp3) is 0.462.